The van der Waals surface area contributed by atoms with Gasteiger partial charge in [-0.25, -0.2) is 4.39 Å². The van der Waals surface area contributed by atoms with E-state index in [1.54, 1.807) is 13.8 Å². The fourth-order valence-corrected chi connectivity index (χ4v) is 1.36. The lowest BCUT2D eigenvalue weighted by Gasteiger charge is -2.19. The summed E-state index contributed by atoms with van der Waals surface area (Å²) >= 11 is 0. The highest BCUT2D eigenvalue weighted by Crippen LogP contribution is 2.16. The van der Waals surface area contributed by atoms with E-state index in [0.717, 1.165) is 6.07 Å². The van der Waals surface area contributed by atoms with Gasteiger partial charge in [-0.2, -0.15) is 0 Å². The van der Waals surface area contributed by atoms with Crippen LogP contribution < -0.4 is 16.4 Å². The Labute approximate surface area is 123 Å². The number of nitrogens with one attached hydrogen (secondary N) is 2. The maximum Gasteiger partial charge on any atom is 0.251 e. The number of hydrogen-bond donors (Lipinski definition) is 3. The number of benzene rings is 1. The van der Waals surface area contributed by atoms with E-state index >= 15 is 0 Å². The van der Waals surface area contributed by atoms with Crippen molar-refractivity contribution in [2.24, 2.45) is 5.73 Å². The van der Waals surface area contributed by atoms with Crippen LogP contribution in [0.1, 0.15) is 31.1 Å². The predicted octanol–water partition coefficient (Wildman–Crippen LogP) is 1.67. The number of rotatable bonds is 4. The lowest BCUT2D eigenvalue weighted by Crippen LogP contribution is -2.45. The molecule has 20 heavy (non-hydrogen) atoms. The van der Waals surface area contributed by atoms with Crippen molar-refractivity contribution in [3.05, 3.63) is 29.6 Å². The smallest absolute Gasteiger partial charge is 0.251 e. The van der Waals surface area contributed by atoms with E-state index in [4.69, 9.17) is 5.73 Å². The number of hydrogen-bond acceptors (Lipinski definition) is 3. The largest absolute Gasteiger partial charge is 0.350 e. The van der Waals surface area contributed by atoms with Gasteiger partial charge in [0, 0.05) is 24.6 Å². The van der Waals surface area contributed by atoms with Crippen LogP contribution in [0.4, 0.5) is 10.1 Å². The second kappa shape index (κ2) is 7.21. The minimum Gasteiger partial charge on any atom is -0.350 e. The van der Waals surface area contributed by atoms with E-state index in [1.165, 1.54) is 19.1 Å². The molecule has 1 rings (SSSR count). The third kappa shape index (κ3) is 5.99. The molecule has 0 saturated heterocycles. The molecule has 112 valence electrons. The van der Waals surface area contributed by atoms with E-state index < -0.39 is 17.3 Å². The Morgan fingerprint density at radius 1 is 1.35 bits per heavy atom. The summed E-state index contributed by atoms with van der Waals surface area (Å²) in [4.78, 5) is 22.7. The van der Waals surface area contributed by atoms with Crippen LogP contribution in [0.2, 0.25) is 0 Å². The fourth-order valence-electron chi connectivity index (χ4n) is 1.36. The van der Waals surface area contributed by atoms with Crippen molar-refractivity contribution < 1.29 is 14.0 Å². The molecule has 1 aromatic rings. The third-order valence-corrected chi connectivity index (χ3v) is 2.24. The van der Waals surface area contributed by atoms with Crippen LogP contribution in [0, 0.1) is 5.82 Å². The number of amides is 2. The molecule has 0 aliphatic heterocycles. The SMILES string of the molecule is CC(=O)Nc1cc(C(=O)NCC(C)(C)N)ccc1F.Cl. The fraction of sp³-hybridized carbons (Fsp3) is 0.385. The van der Waals surface area contributed by atoms with Crippen molar-refractivity contribution >= 4 is 29.9 Å². The Hall–Kier alpha value is -1.66. The standard InChI is InChI=1S/C13H18FN3O2.ClH/c1-8(18)17-11-6-9(4-5-10(11)14)12(19)16-7-13(2,3)15;/h4-6H,7,15H2,1-3H3,(H,16,19)(H,17,18);1H. The predicted molar refractivity (Wildman–Crippen MR) is 78.6 cm³/mol. The molecular formula is C13H19ClFN3O2. The maximum atomic E-state index is 13.4. The summed E-state index contributed by atoms with van der Waals surface area (Å²) in [6.45, 7) is 5.11. The molecule has 0 bridgehead atoms. The zero-order valence-corrected chi connectivity index (χ0v) is 12.4. The quantitative estimate of drug-likeness (QED) is 0.791. The molecule has 0 aliphatic rings. The number of anilines is 1. The Bertz CT molecular complexity index is 501. The van der Waals surface area contributed by atoms with Gasteiger partial charge in [0.25, 0.3) is 5.91 Å². The highest BCUT2D eigenvalue weighted by Gasteiger charge is 2.14. The summed E-state index contributed by atoms with van der Waals surface area (Å²) in [6.07, 6.45) is 0. The second-order valence-electron chi connectivity index (χ2n) is 5.05. The normalized spacial score (nSPS) is 10.4. The molecule has 0 atom stereocenters. The molecule has 0 spiro atoms. The van der Waals surface area contributed by atoms with Gasteiger partial charge in [-0.3, -0.25) is 9.59 Å². The second-order valence-corrected chi connectivity index (χ2v) is 5.05. The van der Waals surface area contributed by atoms with Crippen molar-refractivity contribution in [2.45, 2.75) is 26.3 Å². The van der Waals surface area contributed by atoms with E-state index in [2.05, 4.69) is 10.6 Å². The van der Waals surface area contributed by atoms with Gasteiger partial charge in [0.15, 0.2) is 0 Å². The molecule has 0 saturated carbocycles. The first-order chi connectivity index (χ1) is 8.69. The minimum atomic E-state index is -0.592. The molecular weight excluding hydrogens is 285 g/mol. The average molecular weight is 304 g/mol. The molecule has 7 heteroatoms. The molecule has 0 aromatic heterocycles. The highest BCUT2D eigenvalue weighted by molar-refractivity contribution is 5.96. The van der Waals surface area contributed by atoms with Crippen LogP contribution in [0.15, 0.2) is 18.2 Å². The van der Waals surface area contributed by atoms with Crippen molar-refractivity contribution in [3.8, 4) is 0 Å². The zero-order valence-electron chi connectivity index (χ0n) is 11.6. The van der Waals surface area contributed by atoms with Gasteiger partial charge >= 0.3 is 0 Å². The topological polar surface area (TPSA) is 84.2 Å². The van der Waals surface area contributed by atoms with Crippen molar-refractivity contribution in [1.82, 2.24) is 5.32 Å². The van der Waals surface area contributed by atoms with Crippen LogP contribution in [0.25, 0.3) is 0 Å². The van der Waals surface area contributed by atoms with Crippen LogP contribution >= 0.6 is 12.4 Å². The van der Waals surface area contributed by atoms with Crippen LogP contribution in [0.3, 0.4) is 0 Å². The molecule has 5 nitrogen and oxygen atoms in total. The summed E-state index contributed by atoms with van der Waals surface area (Å²) in [5.41, 5.74) is 5.46. The first-order valence-electron chi connectivity index (χ1n) is 5.83. The van der Waals surface area contributed by atoms with Crippen molar-refractivity contribution in [3.63, 3.8) is 0 Å². The Kier molecular flexibility index (Phi) is 6.61. The van der Waals surface area contributed by atoms with E-state index in [-0.39, 0.29) is 29.6 Å². The maximum absolute atomic E-state index is 13.4. The number of carbonyl (C=O) groups excluding carboxylic acids is 2. The van der Waals surface area contributed by atoms with Crippen LogP contribution in [-0.4, -0.2) is 23.9 Å². The monoisotopic (exact) mass is 303 g/mol. The van der Waals surface area contributed by atoms with Crippen LogP contribution in [-0.2, 0) is 4.79 Å². The molecule has 2 amide bonds. The molecule has 0 aliphatic carbocycles. The van der Waals surface area contributed by atoms with Gasteiger partial charge in [-0.05, 0) is 32.0 Å². The van der Waals surface area contributed by atoms with Crippen molar-refractivity contribution in [2.75, 3.05) is 11.9 Å². The summed E-state index contributed by atoms with van der Waals surface area (Å²) < 4.78 is 13.4. The van der Waals surface area contributed by atoms with Gasteiger partial charge in [-0.1, -0.05) is 0 Å². The lowest BCUT2D eigenvalue weighted by molar-refractivity contribution is -0.114. The van der Waals surface area contributed by atoms with E-state index in [0.29, 0.717) is 6.54 Å². The average Bonchev–Trinajstić information content (AvgIpc) is 2.27. The van der Waals surface area contributed by atoms with Gasteiger partial charge in [0.1, 0.15) is 5.82 Å². The van der Waals surface area contributed by atoms with Gasteiger partial charge in [-0.15, -0.1) is 12.4 Å². The Morgan fingerprint density at radius 2 is 1.95 bits per heavy atom. The van der Waals surface area contributed by atoms with Gasteiger partial charge < -0.3 is 16.4 Å². The summed E-state index contributed by atoms with van der Waals surface area (Å²) in [5, 5.41) is 4.96. The molecule has 0 unspecified atom stereocenters. The molecule has 0 heterocycles. The number of nitrogens with two attached hydrogens (primary N) is 1. The minimum absolute atomic E-state index is 0. The number of carbonyl (C=O) groups is 2. The summed E-state index contributed by atoms with van der Waals surface area (Å²) in [7, 11) is 0. The summed E-state index contributed by atoms with van der Waals surface area (Å²) in [6, 6.07) is 3.77. The van der Waals surface area contributed by atoms with Gasteiger partial charge in [0.05, 0.1) is 5.69 Å². The molecule has 1 aromatic carbocycles. The Balaban J connectivity index is 0.00000361. The lowest BCUT2D eigenvalue weighted by atomic mass is 10.1. The van der Waals surface area contributed by atoms with Crippen LogP contribution in [0.5, 0.6) is 0 Å². The van der Waals surface area contributed by atoms with Crippen molar-refractivity contribution in [1.29, 1.82) is 0 Å². The molecule has 0 fully saturated rings. The van der Waals surface area contributed by atoms with Gasteiger partial charge in [0.2, 0.25) is 5.91 Å². The zero-order chi connectivity index (χ0) is 14.6. The third-order valence-electron chi connectivity index (χ3n) is 2.24. The molecule has 4 N–H and O–H groups in total. The first-order valence-corrected chi connectivity index (χ1v) is 5.83. The Morgan fingerprint density at radius 3 is 2.45 bits per heavy atom. The first kappa shape index (κ1) is 18.3. The highest BCUT2D eigenvalue weighted by atomic mass is 35.5. The van der Waals surface area contributed by atoms with E-state index in [9.17, 15) is 14.0 Å². The molecule has 0 radical (unpaired) electrons. The van der Waals surface area contributed by atoms with E-state index in [1.807, 2.05) is 0 Å². The number of halogens is 2. The summed E-state index contributed by atoms with van der Waals surface area (Å²) in [5.74, 6) is -1.37.